The molecular formula is C16H15BrN2O2. The van der Waals surface area contributed by atoms with E-state index in [2.05, 4.69) is 27.3 Å². The number of hydrogen-bond donors (Lipinski definition) is 1. The first-order valence-corrected chi connectivity index (χ1v) is 7.12. The minimum atomic E-state index is 0.589. The average Bonchev–Trinajstić information content (AvgIpc) is 2.52. The Morgan fingerprint density at radius 2 is 1.90 bits per heavy atom. The molecule has 2 rings (SSSR count). The van der Waals surface area contributed by atoms with E-state index in [4.69, 9.17) is 9.47 Å². The summed E-state index contributed by atoms with van der Waals surface area (Å²) < 4.78 is 11.3. The number of nitrogens with one attached hydrogen (secondary N) is 1. The lowest BCUT2D eigenvalue weighted by molar-refractivity contribution is 0.354. The molecule has 0 atom stereocenters. The summed E-state index contributed by atoms with van der Waals surface area (Å²) in [5.74, 6) is 1.38. The monoisotopic (exact) mass is 346 g/mol. The molecule has 0 radical (unpaired) electrons. The molecule has 0 aliphatic carbocycles. The SMILES string of the molecule is COc1ccc(CNc2cccc(Br)c2C#N)cc1OC. The maximum Gasteiger partial charge on any atom is 0.161 e. The van der Waals surface area contributed by atoms with Gasteiger partial charge in [-0.25, -0.2) is 0 Å². The second kappa shape index (κ2) is 7.00. The van der Waals surface area contributed by atoms with Crippen molar-refractivity contribution >= 4 is 21.6 Å². The Morgan fingerprint density at radius 3 is 2.57 bits per heavy atom. The van der Waals surface area contributed by atoms with E-state index in [1.54, 1.807) is 14.2 Å². The first-order chi connectivity index (χ1) is 10.2. The number of rotatable bonds is 5. The molecule has 108 valence electrons. The third-order valence-corrected chi connectivity index (χ3v) is 3.72. The molecule has 0 amide bonds. The van der Waals surface area contributed by atoms with E-state index in [1.807, 2.05) is 36.4 Å². The molecule has 0 fully saturated rings. The van der Waals surface area contributed by atoms with Crippen molar-refractivity contribution in [1.29, 1.82) is 5.26 Å². The molecule has 0 unspecified atom stereocenters. The molecule has 0 aliphatic heterocycles. The number of nitriles is 1. The minimum Gasteiger partial charge on any atom is -0.493 e. The van der Waals surface area contributed by atoms with Crippen LogP contribution in [0.25, 0.3) is 0 Å². The maximum atomic E-state index is 9.19. The normalized spacial score (nSPS) is 9.81. The molecule has 0 heterocycles. The van der Waals surface area contributed by atoms with Gasteiger partial charge in [-0.05, 0) is 45.8 Å². The number of ether oxygens (including phenoxy) is 2. The van der Waals surface area contributed by atoms with Crippen molar-refractivity contribution in [3.05, 3.63) is 52.0 Å². The number of nitrogens with zero attached hydrogens (tertiary/aromatic N) is 1. The number of halogens is 1. The fourth-order valence-corrected chi connectivity index (χ4v) is 2.43. The van der Waals surface area contributed by atoms with E-state index < -0.39 is 0 Å². The Hall–Kier alpha value is -2.19. The standard InChI is InChI=1S/C16H15BrN2O2/c1-20-15-7-6-11(8-16(15)21-2)10-19-14-5-3-4-13(17)12(14)9-18/h3-8,19H,10H2,1-2H3. The fourth-order valence-electron chi connectivity index (χ4n) is 1.97. The highest BCUT2D eigenvalue weighted by Crippen LogP contribution is 2.28. The Bertz CT molecular complexity index is 680. The lowest BCUT2D eigenvalue weighted by atomic mass is 10.1. The van der Waals surface area contributed by atoms with E-state index in [9.17, 15) is 5.26 Å². The van der Waals surface area contributed by atoms with Gasteiger partial charge in [0.1, 0.15) is 6.07 Å². The van der Waals surface area contributed by atoms with Crippen molar-refractivity contribution in [1.82, 2.24) is 0 Å². The molecule has 4 nitrogen and oxygen atoms in total. The molecule has 0 spiro atoms. The summed E-state index contributed by atoms with van der Waals surface area (Å²) >= 11 is 3.38. The van der Waals surface area contributed by atoms with E-state index in [0.29, 0.717) is 23.6 Å². The van der Waals surface area contributed by atoms with Crippen LogP contribution < -0.4 is 14.8 Å². The lowest BCUT2D eigenvalue weighted by Gasteiger charge is -2.12. The van der Waals surface area contributed by atoms with Gasteiger partial charge in [0.2, 0.25) is 0 Å². The van der Waals surface area contributed by atoms with E-state index >= 15 is 0 Å². The zero-order valence-electron chi connectivity index (χ0n) is 11.8. The fraction of sp³-hybridized carbons (Fsp3) is 0.188. The highest BCUT2D eigenvalue weighted by atomic mass is 79.9. The Kier molecular flexibility index (Phi) is 5.07. The van der Waals surface area contributed by atoms with E-state index in [1.165, 1.54) is 0 Å². The topological polar surface area (TPSA) is 54.3 Å². The van der Waals surface area contributed by atoms with Crippen molar-refractivity contribution < 1.29 is 9.47 Å². The van der Waals surface area contributed by atoms with Gasteiger partial charge in [0.15, 0.2) is 11.5 Å². The van der Waals surface area contributed by atoms with Crippen LogP contribution in [-0.2, 0) is 6.54 Å². The van der Waals surface area contributed by atoms with E-state index in [-0.39, 0.29) is 0 Å². The predicted molar refractivity (Wildman–Crippen MR) is 85.7 cm³/mol. The average molecular weight is 347 g/mol. The lowest BCUT2D eigenvalue weighted by Crippen LogP contribution is -2.02. The number of hydrogen-bond acceptors (Lipinski definition) is 4. The van der Waals surface area contributed by atoms with Crippen LogP contribution in [0.4, 0.5) is 5.69 Å². The summed E-state index contributed by atoms with van der Waals surface area (Å²) in [5, 5.41) is 12.5. The quantitative estimate of drug-likeness (QED) is 0.890. The van der Waals surface area contributed by atoms with Gasteiger partial charge < -0.3 is 14.8 Å². The summed E-state index contributed by atoms with van der Waals surface area (Å²) in [6.07, 6.45) is 0. The van der Waals surface area contributed by atoms with Gasteiger partial charge in [-0.3, -0.25) is 0 Å². The second-order valence-corrected chi connectivity index (χ2v) is 5.17. The van der Waals surface area contributed by atoms with Gasteiger partial charge in [-0.15, -0.1) is 0 Å². The summed E-state index contributed by atoms with van der Waals surface area (Å²) in [7, 11) is 3.22. The first-order valence-electron chi connectivity index (χ1n) is 6.33. The van der Waals surface area contributed by atoms with Crippen LogP contribution in [0.15, 0.2) is 40.9 Å². The molecule has 2 aromatic rings. The van der Waals surface area contributed by atoms with Crippen molar-refractivity contribution in [2.75, 3.05) is 19.5 Å². The van der Waals surface area contributed by atoms with Gasteiger partial charge in [0.05, 0.1) is 25.5 Å². The second-order valence-electron chi connectivity index (χ2n) is 4.32. The zero-order valence-corrected chi connectivity index (χ0v) is 13.4. The van der Waals surface area contributed by atoms with Crippen LogP contribution in [0.1, 0.15) is 11.1 Å². The molecule has 1 N–H and O–H groups in total. The van der Waals surface area contributed by atoms with Crippen LogP contribution in [0.5, 0.6) is 11.5 Å². The molecule has 0 saturated heterocycles. The van der Waals surface area contributed by atoms with Crippen molar-refractivity contribution in [2.24, 2.45) is 0 Å². The van der Waals surface area contributed by atoms with Gasteiger partial charge in [-0.2, -0.15) is 5.26 Å². The minimum absolute atomic E-state index is 0.589. The van der Waals surface area contributed by atoms with Gasteiger partial charge >= 0.3 is 0 Å². The summed E-state index contributed by atoms with van der Waals surface area (Å²) in [5.41, 5.74) is 2.43. The number of benzene rings is 2. The van der Waals surface area contributed by atoms with Crippen LogP contribution in [0, 0.1) is 11.3 Å². The van der Waals surface area contributed by atoms with E-state index in [0.717, 1.165) is 15.7 Å². The van der Waals surface area contributed by atoms with Crippen molar-refractivity contribution in [2.45, 2.75) is 6.54 Å². The summed E-state index contributed by atoms with van der Waals surface area (Å²) in [4.78, 5) is 0. The van der Waals surface area contributed by atoms with Crippen molar-refractivity contribution in [3.63, 3.8) is 0 Å². The maximum absolute atomic E-state index is 9.19. The van der Waals surface area contributed by atoms with Gasteiger partial charge in [-0.1, -0.05) is 12.1 Å². The molecule has 2 aromatic carbocycles. The molecule has 0 saturated carbocycles. The third-order valence-electron chi connectivity index (χ3n) is 3.06. The van der Waals surface area contributed by atoms with Crippen LogP contribution in [0.2, 0.25) is 0 Å². The summed E-state index contributed by atoms with van der Waals surface area (Å²) in [6, 6.07) is 13.5. The number of methoxy groups -OCH3 is 2. The van der Waals surface area contributed by atoms with Crippen molar-refractivity contribution in [3.8, 4) is 17.6 Å². The Labute approximate surface area is 132 Å². The first kappa shape index (κ1) is 15.2. The third kappa shape index (κ3) is 3.47. The van der Waals surface area contributed by atoms with Crippen LogP contribution in [0.3, 0.4) is 0 Å². The molecule has 0 aliphatic rings. The smallest absolute Gasteiger partial charge is 0.161 e. The zero-order chi connectivity index (χ0) is 15.2. The highest BCUT2D eigenvalue weighted by molar-refractivity contribution is 9.10. The predicted octanol–water partition coefficient (Wildman–Crippen LogP) is 3.95. The molecule has 0 bridgehead atoms. The summed E-state index contributed by atoms with van der Waals surface area (Å²) in [6.45, 7) is 0.589. The van der Waals surface area contributed by atoms with Gasteiger partial charge in [0.25, 0.3) is 0 Å². The Morgan fingerprint density at radius 1 is 1.14 bits per heavy atom. The molecular weight excluding hydrogens is 332 g/mol. The Balaban J connectivity index is 2.17. The highest BCUT2D eigenvalue weighted by Gasteiger charge is 2.07. The largest absolute Gasteiger partial charge is 0.493 e. The van der Waals surface area contributed by atoms with Crippen LogP contribution in [-0.4, -0.2) is 14.2 Å². The number of anilines is 1. The molecule has 5 heteroatoms. The molecule has 0 aromatic heterocycles. The molecule has 21 heavy (non-hydrogen) atoms. The van der Waals surface area contributed by atoms with Gasteiger partial charge in [0, 0.05) is 11.0 Å². The van der Waals surface area contributed by atoms with Crippen LogP contribution >= 0.6 is 15.9 Å².